The first-order valence-corrected chi connectivity index (χ1v) is 12.9. The molecule has 1 fully saturated rings. The van der Waals surface area contributed by atoms with E-state index in [0.29, 0.717) is 57.4 Å². The third-order valence-corrected chi connectivity index (χ3v) is 7.30. The van der Waals surface area contributed by atoms with Gasteiger partial charge in [-0.05, 0) is 57.9 Å². The molecule has 1 aromatic carbocycles. The SMILES string of the molecule is CC(C)(C)OC(=O)N1CCC(c2cc(=O)[nH]c3c4c(NC(=O)c5ccc(Cl)s5)cccc4nn23)CC1. The Balaban J connectivity index is 1.46. The Hall–Kier alpha value is -3.37. The molecule has 0 aliphatic carbocycles. The zero-order chi connectivity index (χ0) is 25.6. The van der Waals surface area contributed by atoms with E-state index in [9.17, 15) is 14.4 Å². The van der Waals surface area contributed by atoms with Gasteiger partial charge in [-0.25, -0.2) is 9.31 Å². The van der Waals surface area contributed by atoms with Crippen LogP contribution < -0.4 is 10.9 Å². The van der Waals surface area contributed by atoms with Crippen molar-refractivity contribution < 1.29 is 14.3 Å². The Morgan fingerprint density at radius 1 is 1.19 bits per heavy atom. The number of hydrogen-bond donors (Lipinski definition) is 2. The second kappa shape index (κ2) is 9.25. The molecule has 0 radical (unpaired) electrons. The molecule has 2 N–H and O–H groups in total. The lowest BCUT2D eigenvalue weighted by Crippen LogP contribution is -2.41. The molecule has 36 heavy (non-hydrogen) atoms. The molecule has 4 aromatic rings. The minimum atomic E-state index is -0.551. The van der Waals surface area contributed by atoms with E-state index < -0.39 is 5.60 Å². The van der Waals surface area contributed by atoms with E-state index in [-0.39, 0.29) is 23.5 Å². The fourth-order valence-corrected chi connectivity index (χ4v) is 5.42. The summed E-state index contributed by atoms with van der Waals surface area (Å²) in [6.07, 6.45) is 1.03. The number of piperidine rings is 1. The number of likely N-dealkylation sites (tertiary alicyclic amines) is 1. The maximum absolute atomic E-state index is 12.8. The van der Waals surface area contributed by atoms with Crippen molar-refractivity contribution in [2.45, 2.75) is 45.1 Å². The molecule has 5 rings (SSSR count). The third kappa shape index (κ3) is 4.83. The van der Waals surface area contributed by atoms with Gasteiger partial charge in [-0.1, -0.05) is 17.7 Å². The Labute approximate surface area is 216 Å². The van der Waals surface area contributed by atoms with Crippen molar-refractivity contribution in [1.82, 2.24) is 19.5 Å². The first-order chi connectivity index (χ1) is 17.1. The van der Waals surface area contributed by atoms with Gasteiger partial charge in [0.15, 0.2) is 0 Å². The highest BCUT2D eigenvalue weighted by molar-refractivity contribution is 7.18. The van der Waals surface area contributed by atoms with Gasteiger partial charge in [-0.3, -0.25) is 9.59 Å². The number of benzene rings is 1. The van der Waals surface area contributed by atoms with Gasteiger partial charge < -0.3 is 19.9 Å². The summed E-state index contributed by atoms with van der Waals surface area (Å²) < 4.78 is 7.78. The number of H-pyrrole nitrogens is 1. The number of carbonyl (C=O) groups is 2. The van der Waals surface area contributed by atoms with E-state index in [1.54, 1.807) is 33.7 Å². The first-order valence-electron chi connectivity index (χ1n) is 11.7. The van der Waals surface area contributed by atoms with Crippen LogP contribution in [0.5, 0.6) is 0 Å². The van der Waals surface area contributed by atoms with Gasteiger partial charge in [-0.15, -0.1) is 11.3 Å². The number of nitrogens with one attached hydrogen (secondary N) is 2. The summed E-state index contributed by atoms with van der Waals surface area (Å²) in [5, 5.41) is 8.33. The lowest BCUT2D eigenvalue weighted by Gasteiger charge is -2.33. The molecule has 188 valence electrons. The van der Waals surface area contributed by atoms with Crippen LogP contribution in [0.2, 0.25) is 4.34 Å². The van der Waals surface area contributed by atoms with Gasteiger partial charge in [0.25, 0.3) is 11.5 Å². The standard InChI is InChI=1S/C25H26ClN5O4S/c1-25(2,3)35-24(34)30-11-9-14(10-12-30)17-13-20(32)28-22-21-15(5-4-6-16(21)29-31(17)22)27-23(33)18-7-8-19(26)36-18/h4-8,13-14H,9-12H2,1-3H3,(H,27,33)(H,28,32). The largest absolute Gasteiger partial charge is 0.444 e. The number of anilines is 1. The van der Waals surface area contributed by atoms with Gasteiger partial charge in [0.1, 0.15) is 11.2 Å². The molecule has 9 nitrogen and oxygen atoms in total. The van der Waals surface area contributed by atoms with E-state index in [1.165, 1.54) is 11.3 Å². The lowest BCUT2D eigenvalue weighted by molar-refractivity contribution is 0.0203. The highest BCUT2D eigenvalue weighted by atomic mass is 35.5. The number of halogens is 1. The third-order valence-electron chi connectivity index (χ3n) is 6.07. The van der Waals surface area contributed by atoms with E-state index >= 15 is 0 Å². The molecule has 1 aliphatic rings. The van der Waals surface area contributed by atoms with E-state index in [1.807, 2.05) is 32.9 Å². The Kier molecular flexibility index (Phi) is 6.25. The van der Waals surface area contributed by atoms with Crippen LogP contribution in [-0.2, 0) is 4.74 Å². The van der Waals surface area contributed by atoms with Crippen LogP contribution in [0.4, 0.5) is 10.5 Å². The average Bonchev–Trinajstić information content (AvgIpc) is 3.42. The first kappa shape index (κ1) is 24.3. The molecular weight excluding hydrogens is 502 g/mol. The smallest absolute Gasteiger partial charge is 0.410 e. The number of amides is 2. The molecule has 2 amide bonds. The van der Waals surface area contributed by atoms with Crippen molar-refractivity contribution >= 4 is 57.2 Å². The molecule has 0 atom stereocenters. The summed E-state index contributed by atoms with van der Waals surface area (Å²) in [5.41, 5.74) is 1.68. The van der Waals surface area contributed by atoms with Crippen LogP contribution in [0.25, 0.3) is 16.6 Å². The fourth-order valence-electron chi connectivity index (χ4n) is 4.49. The van der Waals surface area contributed by atoms with Crippen molar-refractivity contribution in [3.8, 4) is 0 Å². The van der Waals surface area contributed by atoms with Crippen molar-refractivity contribution in [2.24, 2.45) is 0 Å². The Morgan fingerprint density at radius 2 is 1.94 bits per heavy atom. The number of ether oxygens (including phenoxy) is 1. The quantitative estimate of drug-likeness (QED) is 0.378. The number of carbonyl (C=O) groups excluding carboxylic acids is 2. The molecular formula is C25H26ClN5O4S. The van der Waals surface area contributed by atoms with Crippen molar-refractivity contribution in [3.63, 3.8) is 0 Å². The number of aromatic nitrogens is 3. The molecule has 0 saturated carbocycles. The summed E-state index contributed by atoms with van der Waals surface area (Å²) >= 11 is 7.18. The Bertz CT molecular complexity index is 1530. The van der Waals surface area contributed by atoms with Crippen LogP contribution in [0.15, 0.2) is 41.2 Å². The lowest BCUT2D eigenvalue weighted by atomic mass is 9.93. The van der Waals surface area contributed by atoms with Crippen molar-refractivity contribution in [1.29, 1.82) is 0 Å². The maximum Gasteiger partial charge on any atom is 0.410 e. The van der Waals surface area contributed by atoms with Crippen LogP contribution in [0, 0.1) is 0 Å². The second-order valence-corrected chi connectivity index (χ2v) is 11.5. The average molecular weight is 528 g/mol. The molecule has 1 aliphatic heterocycles. The summed E-state index contributed by atoms with van der Waals surface area (Å²) in [6.45, 7) is 6.59. The number of thiophene rings is 1. The number of fused-ring (bicyclic) bond motifs is 3. The van der Waals surface area contributed by atoms with Gasteiger partial charge in [0.05, 0.1) is 31.5 Å². The summed E-state index contributed by atoms with van der Waals surface area (Å²) in [4.78, 5) is 43.0. The number of aromatic amines is 1. The summed E-state index contributed by atoms with van der Waals surface area (Å²) in [5.74, 6) is -0.249. The van der Waals surface area contributed by atoms with Crippen LogP contribution in [0.1, 0.15) is 54.9 Å². The second-order valence-electron chi connectivity index (χ2n) is 9.82. The van der Waals surface area contributed by atoms with Crippen LogP contribution >= 0.6 is 22.9 Å². The fraction of sp³-hybridized carbons (Fsp3) is 0.360. The highest BCUT2D eigenvalue weighted by Crippen LogP contribution is 2.32. The van der Waals surface area contributed by atoms with Gasteiger partial charge in [0, 0.05) is 25.1 Å². The summed E-state index contributed by atoms with van der Waals surface area (Å²) in [6, 6.07) is 10.3. The van der Waals surface area contributed by atoms with Crippen molar-refractivity contribution in [3.05, 3.63) is 61.7 Å². The molecule has 1 saturated heterocycles. The van der Waals surface area contributed by atoms with E-state index in [4.69, 9.17) is 21.4 Å². The minimum Gasteiger partial charge on any atom is -0.444 e. The normalized spacial score (nSPS) is 14.9. The van der Waals surface area contributed by atoms with Crippen LogP contribution in [0.3, 0.4) is 0 Å². The monoisotopic (exact) mass is 527 g/mol. The summed E-state index contributed by atoms with van der Waals surface area (Å²) in [7, 11) is 0. The topological polar surface area (TPSA) is 109 Å². The highest BCUT2D eigenvalue weighted by Gasteiger charge is 2.29. The molecule has 3 aromatic heterocycles. The molecule has 0 bridgehead atoms. The van der Waals surface area contributed by atoms with Gasteiger partial charge in [0.2, 0.25) is 0 Å². The number of hydrogen-bond acceptors (Lipinski definition) is 6. The van der Waals surface area contributed by atoms with E-state index in [2.05, 4.69) is 10.3 Å². The zero-order valence-corrected chi connectivity index (χ0v) is 21.7. The van der Waals surface area contributed by atoms with Gasteiger partial charge >= 0.3 is 6.09 Å². The number of nitrogens with zero attached hydrogens (tertiary/aromatic N) is 3. The minimum absolute atomic E-state index is 0.0362. The zero-order valence-electron chi connectivity index (χ0n) is 20.1. The molecule has 4 heterocycles. The van der Waals surface area contributed by atoms with Crippen LogP contribution in [-0.4, -0.2) is 50.2 Å². The molecule has 0 unspecified atom stereocenters. The van der Waals surface area contributed by atoms with Crippen molar-refractivity contribution in [2.75, 3.05) is 18.4 Å². The predicted octanol–water partition coefficient (Wildman–Crippen LogP) is 5.26. The maximum atomic E-state index is 12.8. The number of rotatable bonds is 3. The Morgan fingerprint density at radius 3 is 2.61 bits per heavy atom. The molecule has 11 heteroatoms. The molecule has 0 spiro atoms. The predicted molar refractivity (Wildman–Crippen MR) is 140 cm³/mol. The van der Waals surface area contributed by atoms with Gasteiger partial charge in [-0.2, -0.15) is 5.10 Å². The van der Waals surface area contributed by atoms with E-state index in [0.717, 1.165) is 5.69 Å².